The van der Waals surface area contributed by atoms with E-state index >= 15 is 0 Å². The van der Waals surface area contributed by atoms with Gasteiger partial charge >= 0.3 is 5.63 Å². The van der Waals surface area contributed by atoms with Crippen molar-refractivity contribution < 1.29 is 4.42 Å². The zero-order valence-corrected chi connectivity index (χ0v) is 13.5. The van der Waals surface area contributed by atoms with Crippen molar-refractivity contribution in [3.8, 4) is 0 Å². The summed E-state index contributed by atoms with van der Waals surface area (Å²) in [6.45, 7) is 3.89. The van der Waals surface area contributed by atoms with E-state index in [0.29, 0.717) is 16.5 Å². The Labute approximate surface area is 135 Å². The highest BCUT2D eigenvalue weighted by atomic mass is 32.2. The van der Waals surface area contributed by atoms with Crippen LogP contribution in [0.25, 0.3) is 11.0 Å². The topological polar surface area (TPSA) is 102 Å². The third-order valence-corrected chi connectivity index (χ3v) is 4.54. The second kappa shape index (κ2) is 5.92. The molecule has 3 aromatic rings. The first-order valence-corrected chi connectivity index (χ1v) is 7.95. The Kier molecular flexibility index (Phi) is 3.96. The second-order valence-electron chi connectivity index (χ2n) is 5.24. The minimum absolute atomic E-state index is 0.167. The lowest BCUT2D eigenvalue weighted by atomic mass is 10.0. The average Bonchev–Trinajstić information content (AvgIpc) is 2.48. The van der Waals surface area contributed by atoms with Gasteiger partial charge in [0.25, 0.3) is 5.56 Å². The largest absolute Gasteiger partial charge is 0.422 e. The van der Waals surface area contributed by atoms with Crippen molar-refractivity contribution in [2.45, 2.75) is 24.8 Å². The van der Waals surface area contributed by atoms with Crippen molar-refractivity contribution in [3.05, 3.63) is 61.7 Å². The van der Waals surface area contributed by atoms with Crippen molar-refractivity contribution in [3.63, 3.8) is 0 Å². The van der Waals surface area contributed by atoms with E-state index in [9.17, 15) is 9.59 Å². The summed E-state index contributed by atoms with van der Waals surface area (Å²) >= 11 is 1.31. The predicted molar refractivity (Wildman–Crippen MR) is 90.8 cm³/mol. The fourth-order valence-corrected chi connectivity index (χ4v) is 3.19. The molecule has 7 heteroatoms. The maximum Gasteiger partial charge on any atom is 0.336 e. The summed E-state index contributed by atoms with van der Waals surface area (Å²) in [7, 11) is 0. The van der Waals surface area contributed by atoms with Crippen LogP contribution < -0.4 is 16.9 Å². The molecule has 6 nitrogen and oxygen atoms in total. The zero-order chi connectivity index (χ0) is 16.6. The molecule has 0 aliphatic rings. The molecule has 0 radical (unpaired) electrons. The number of benzene rings is 1. The number of nitrogens with two attached hydrogens (primary N) is 1. The summed E-state index contributed by atoms with van der Waals surface area (Å²) in [6.07, 6.45) is 0. The molecule has 2 aromatic heterocycles. The van der Waals surface area contributed by atoms with E-state index in [4.69, 9.17) is 10.2 Å². The minimum Gasteiger partial charge on any atom is -0.422 e. The van der Waals surface area contributed by atoms with Crippen LogP contribution in [0.2, 0.25) is 0 Å². The van der Waals surface area contributed by atoms with Gasteiger partial charge in [0.1, 0.15) is 11.4 Å². The zero-order valence-electron chi connectivity index (χ0n) is 12.7. The molecule has 0 unspecified atom stereocenters. The summed E-state index contributed by atoms with van der Waals surface area (Å²) in [5.41, 5.74) is 8.31. The lowest BCUT2D eigenvalue weighted by molar-refractivity contribution is 0.557. The molecule has 1 aromatic carbocycles. The first-order valence-electron chi connectivity index (χ1n) is 6.96. The number of H-pyrrole nitrogens is 1. The van der Waals surface area contributed by atoms with E-state index in [2.05, 4.69) is 9.97 Å². The number of rotatable bonds is 3. The van der Waals surface area contributed by atoms with Gasteiger partial charge in [0.05, 0.1) is 0 Å². The van der Waals surface area contributed by atoms with E-state index in [1.165, 1.54) is 23.9 Å². The van der Waals surface area contributed by atoms with Gasteiger partial charge in [0.2, 0.25) is 0 Å². The normalized spacial score (nSPS) is 11.0. The predicted octanol–water partition coefficient (Wildman–Crippen LogP) is 2.37. The number of nitrogens with zero attached hydrogens (tertiary/aromatic N) is 1. The molecule has 0 fully saturated rings. The third-order valence-electron chi connectivity index (χ3n) is 3.62. The molecule has 0 amide bonds. The molecule has 0 saturated heterocycles. The second-order valence-corrected chi connectivity index (χ2v) is 6.20. The first kappa shape index (κ1) is 15.4. The van der Waals surface area contributed by atoms with Gasteiger partial charge in [0.15, 0.2) is 5.16 Å². The average molecular weight is 329 g/mol. The highest BCUT2D eigenvalue weighted by Gasteiger charge is 2.10. The number of hydrogen-bond donors (Lipinski definition) is 2. The van der Waals surface area contributed by atoms with Gasteiger partial charge < -0.3 is 15.1 Å². The van der Waals surface area contributed by atoms with Crippen LogP contribution >= 0.6 is 11.8 Å². The number of hydrogen-bond acceptors (Lipinski definition) is 6. The summed E-state index contributed by atoms with van der Waals surface area (Å²) in [5.74, 6) is 0.636. The van der Waals surface area contributed by atoms with Crippen LogP contribution in [0.3, 0.4) is 0 Å². The number of nitrogens with one attached hydrogen (secondary N) is 1. The monoisotopic (exact) mass is 329 g/mol. The summed E-state index contributed by atoms with van der Waals surface area (Å²) in [4.78, 5) is 29.9. The van der Waals surface area contributed by atoms with Crippen molar-refractivity contribution in [2.24, 2.45) is 0 Å². The number of aromatic amines is 1. The Morgan fingerprint density at radius 1 is 1.26 bits per heavy atom. The Bertz CT molecular complexity index is 1010. The Hall–Kier alpha value is -2.54. The van der Waals surface area contributed by atoms with Crippen LogP contribution in [0, 0.1) is 13.8 Å². The third kappa shape index (κ3) is 3.14. The molecule has 0 aliphatic heterocycles. The van der Waals surface area contributed by atoms with Crippen LogP contribution in [0.4, 0.5) is 5.82 Å². The molecular formula is C16H15N3O3S. The van der Waals surface area contributed by atoms with E-state index in [1.54, 1.807) is 0 Å². The van der Waals surface area contributed by atoms with Gasteiger partial charge in [-0.3, -0.25) is 4.79 Å². The molecule has 0 saturated carbocycles. The van der Waals surface area contributed by atoms with E-state index in [1.807, 2.05) is 26.0 Å². The van der Waals surface area contributed by atoms with E-state index < -0.39 is 5.63 Å². The fourth-order valence-electron chi connectivity index (χ4n) is 2.31. The standard InChI is InChI=1S/C16H15N3O3S/c1-8-3-4-11-10(5-14(21)22-15(11)9(8)2)7-23-16-18-12(17)6-13(20)19-16/h3-6H,7H2,1-2H3,(H3,17,18,19,20). The molecule has 2 heterocycles. The number of anilines is 1. The SMILES string of the molecule is Cc1ccc2c(CSc3nc(N)cc(=O)[nH]3)cc(=O)oc2c1C. The van der Waals surface area contributed by atoms with Gasteiger partial charge in [-0.2, -0.15) is 0 Å². The maximum atomic E-state index is 11.8. The van der Waals surface area contributed by atoms with Crippen molar-refractivity contribution >= 4 is 28.5 Å². The summed E-state index contributed by atoms with van der Waals surface area (Å²) in [5, 5.41) is 1.30. The molecule has 3 rings (SSSR count). The highest BCUT2D eigenvalue weighted by molar-refractivity contribution is 7.98. The number of thioether (sulfide) groups is 1. The molecule has 0 bridgehead atoms. The Balaban J connectivity index is 2.01. The van der Waals surface area contributed by atoms with Gasteiger partial charge in [-0.1, -0.05) is 23.9 Å². The molecule has 118 valence electrons. The van der Waals surface area contributed by atoms with Gasteiger partial charge in [-0.25, -0.2) is 9.78 Å². The Morgan fingerprint density at radius 2 is 2.04 bits per heavy atom. The lowest BCUT2D eigenvalue weighted by Crippen LogP contribution is -2.09. The summed E-state index contributed by atoms with van der Waals surface area (Å²) in [6, 6.07) is 6.62. The quantitative estimate of drug-likeness (QED) is 0.434. The number of aromatic nitrogens is 2. The van der Waals surface area contributed by atoms with Gasteiger partial charge in [-0.15, -0.1) is 0 Å². The lowest BCUT2D eigenvalue weighted by Gasteiger charge is -2.08. The van der Waals surface area contributed by atoms with Gasteiger partial charge in [0, 0.05) is 23.3 Å². The van der Waals surface area contributed by atoms with Crippen LogP contribution in [0.5, 0.6) is 0 Å². The van der Waals surface area contributed by atoms with Crippen LogP contribution in [-0.2, 0) is 5.75 Å². The van der Waals surface area contributed by atoms with Crippen molar-refractivity contribution in [1.29, 1.82) is 0 Å². The van der Waals surface area contributed by atoms with Crippen molar-refractivity contribution in [1.82, 2.24) is 9.97 Å². The van der Waals surface area contributed by atoms with Crippen LogP contribution in [-0.4, -0.2) is 9.97 Å². The molecule has 0 atom stereocenters. The van der Waals surface area contributed by atoms with E-state index in [0.717, 1.165) is 22.1 Å². The minimum atomic E-state index is -0.393. The number of fused-ring (bicyclic) bond motifs is 1. The van der Waals surface area contributed by atoms with Gasteiger partial charge in [-0.05, 0) is 30.5 Å². The highest BCUT2D eigenvalue weighted by Crippen LogP contribution is 2.27. The Morgan fingerprint density at radius 3 is 2.78 bits per heavy atom. The first-order chi connectivity index (χ1) is 10.9. The molecule has 0 spiro atoms. The molecule has 0 aliphatic carbocycles. The number of aryl methyl sites for hydroxylation is 2. The molecule has 23 heavy (non-hydrogen) atoms. The smallest absolute Gasteiger partial charge is 0.336 e. The maximum absolute atomic E-state index is 11.8. The van der Waals surface area contributed by atoms with Crippen molar-refractivity contribution in [2.75, 3.05) is 5.73 Å². The summed E-state index contributed by atoms with van der Waals surface area (Å²) < 4.78 is 5.35. The molecular weight excluding hydrogens is 314 g/mol. The van der Waals surface area contributed by atoms with Crippen LogP contribution in [0.1, 0.15) is 16.7 Å². The number of nitrogen functional groups attached to an aromatic ring is 1. The van der Waals surface area contributed by atoms with Crippen LogP contribution in [0.15, 0.2) is 43.4 Å². The molecule has 3 N–H and O–H groups in total. The fraction of sp³-hybridized carbons (Fsp3) is 0.188. The van der Waals surface area contributed by atoms with E-state index in [-0.39, 0.29) is 11.4 Å².